The summed E-state index contributed by atoms with van der Waals surface area (Å²) in [6.45, 7) is 2.57. The first-order valence-electron chi connectivity index (χ1n) is 8.32. The fourth-order valence-electron chi connectivity index (χ4n) is 2.83. The Hall–Kier alpha value is -2.02. The maximum Gasteiger partial charge on any atom is 0.234 e. The van der Waals surface area contributed by atoms with E-state index in [-0.39, 0.29) is 11.7 Å². The van der Waals surface area contributed by atoms with E-state index in [1.54, 1.807) is 0 Å². The molecular formula is C17H22N4O2S. The lowest BCUT2D eigenvalue weighted by Gasteiger charge is -2.06. The summed E-state index contributed by atoms with van der Waals surface area (Å²) in [4.78, 5) is 16.5. The normalized spacial score (nSPS) is 14.7. The van der Waals surface area contributed by atoms with Gasteiger partial charge in [0.2, 0.25) is 11.1 Å². The van der Waals surface area contributed by atoms with Gasteiger partial charge in [-0.15, -0.1) is 5.10 Å². The van der Waals surface area contributed by atoms with Crippen molar-refractivity contribution in [1.29, 1.82) is 0 Å². The molecule has 2 N–H and O–H groups in total. The summed E-state index contributed by atoms with van der Waals surface area (Å²) < 4.78 is 5.38. The minimum atomic E-state index is -0.0728. The summed E-state index contributed by atoms with van der Waals surface area (Å²) >= 11 is 1.35. The first-order chi connectivity index (χ1) is 11.7. The number of hydrogen-bond acceptors (Lipinski definition) is 5. The zero-order valence-electron chi connectivity index (χ0n) is 13.7. The molecule has 128 valence electrons. The number of aromatic amines is 1. The van der Waals surface area contributed by atoms with Crippen molar-refractivity contribution in [3.63, 3.8) is 0 Å². The number of nitrogens with one attached hydrogen (secondary N) is 2. The van der Waals surface area contributed by atoms with E-state index in [2.05, 4.69) is 20.5 Å². The van der Waals surface area contributed by atoms with Crippen LogP contribution in [0.3, 0.4) is 0 Å². The summed E-state index contributed by atoms with van der Waals surface area (Å²) in [6.07, 6.45) is 4.88. The Kier molecular flexibility index (Phi) is 5.74. The van der Waals surface area contributed by atoms with Gasteiger partial charge in [0.05, 0.1) is 12.4 Å². The molecular weight excluding hydrogens is 324 g/mol. The van der Waals surface area contributed by atoms with Crippen LogP contribution in [0, 0.1) is 0 Å². The molecule has 3 rings (SSSR count). The van der Waals surface area contributed by atoms with Gasteiger partial charge in [0.25, 0.3) is 0 Å². The summed E-state index contributed by atoms with van der Waals surface area (Å²) in [5.41, 5.74) is 0.755. The lowest BCUT2D eigenvalue weighted by atomic mass is 10.1. The van der Waals surface area contributed by atoms with Crippen LogP contribution in [0.25, 0.3) is 0 Å². The van der Waals surface area contributed by atoms with Gasteiger partial charge < -0.3 is 10.1 Å². The highest BCUT2D eigenvalue weighted by molar-refractivity contribution is 7.99. The van der Waals surface area contributed by atoms with E-state index in [0.29, 0.717) is 17.7 Å². The highest BCUT2D eigenvalue weighted by Crippen LogP contribution is 2.32. The molecule has 1 heterocycles. The molecule has 0 radical (unpaired) electrons. The average molecular weight is 346 g/mol. The predicted molar refractivity (Wildman–Crippen MR) is 94.6 cm³/mol. The van der Waals surface area contributed by atoms with Crippen molar-refractivity contribution < 1.29 is 9.53 Å². The molecule has 1 aliphatic rings. The Labute approximate surface area is 145 Å². The van der Waals surface area contributed by atoms with Gasteiger partial charge in [0.1, 0.15) is 11.6 Å². The number of rotatable bonds is 7. The Morgan fingerprint density at radius 2 is 2.08 bits per heavy atom. The predicted octanol–water partition coefficient (Wildman–Crippen LogP) is 3.59. The lowest BCUT2D eigenvalue weighted by molar-refractivity contribution is -0.113. The van der Waals surface area contributed by atoms with Crippen molar-refractivity contribution in [2.45, 2.75) is 43.7 Å². The summed E-state index contributed by atoms with van der Waals surface area (Å²) in [5.74, 6) is 2.47. The Bertz CT molecular complexity index is 665. The van der Waals surface area contributed by atoms with E-state index < -0.39 is 0 Å². The van der Waals surface area contributed by atoms with E-state index in [4.69, 9.17) is 4.74 Å². The molecule has 7 heteroatoms. The zero-order valence-corrected chi connectivity index (χ0v) is 14.6. The van der Waals surface area contributed by atoms with Crippen LogP contribution in [-0.4, -0.2) is 33.4 Å². The van der Waals surface area contributed by atoms with Crippen LogP contribution < -0.4 is 10.1 Å². The van der Waals surface area contributed by atoms with E-state index in [1.807, 2.05) is 31.2 Å². The smallest absolute Gasteiger partial charge is 0.234 e. The van der Waals surface area contributed by atoms with Crippen molar-refractivity contribution in [2.75, 3.05) is 17.7 Å². The van der Waals surface area contributed by atoms with Crippen LogP contribution >= 0.6 is 11.8 Å². The van der Waals surface area contributed by atoms with Gasteiger partial charge in [-0.25, -0.2) is 4.98 Å². The minimum absolute atomic E-state index is 0.0728. The van der Waals surface area contributed by atoms with Crippen LogP contribution in [0.15, 0.2) is 29.4 Å². The zero-order chi connectivity index (χ0) is 16.8. The first kappa shape index (κ1) is 16.8. The second-order valence-electron chi connectivity index (χ2n) is 5.78. The van der Waals surface area contributed by atoms with Crippen LogP contribution in [-0.2, 0) is 4.79 Å². The summed E-state index contributed by atoms with van der Waals surface area (Å²) in [6, 6.07) is 7.35. The van der Waals surface area contributed by atoms with Gasteiger partial charge in [-0.05, 0) is 44.0 Å². The van der Waals surface area contributed by atoms with Gasteiger partial charge in [0, 0.05) is 11.6 Å². The highest BCUT2D eigenvalue weighted by Gasteiger charge is 2.20. The van der Waals surface area contributed by atoms with E-state index in [9.17, 15) is 4.79 Å². The third-order valence-electron chi connectivity index (χ3n) is 4.01. The third-order valence-corrected chi connectivity index (χ3v) is 4.85. The number of aromatic nitrogens is 3. The van der Waals surface area contributed by atoms with Crippen LogP contribution in [0.2, 0.25) is 0 Å². The standard InChI is InChI=1S/C17H22N4O2S/c1-2-23-14-9-7-13(8-10-14)18-15(22)11-24-17-19-16(20-21-17)12-5-3-4-6-12/h7-10,12H,2-6,11H2,1H3,(H,18,22)(H,19,20,21). The second-order valence-corrected chi connectivity index (χ2v) is 6.72. The van der Waals surface area contributed by atoms with Crippen molar-refractivity contribution in [2.24, 2.45) is 0 Å². The maximum absolute atomic E-state index is 12.0. The largest absolute Gasteiger partial charge is 0.494 e. The number of anilines is 1. The summed E-state index contributed by atoms with van der Waals surface area (Å²) in [7, 11) is 0. The number of benzene rings is 1. The number of thioether (sulfide) groups is 1. The molecule has 1 aromatic heterocycles. The molecule has 6 nitrogen and oxygen atoms in total. The molecule has 0 spiro atoms. The minimum Gasteiger partial charge on any atom is -0.494 e. The summed E-state index contributed by atoms with van der Waals surface area (Å²) in [5, 5.41) is 10.7. The molecule has 0 unspecified atom stereocenters. The SMILES string of the molecule is CCOc1ccc(NC(=O)CSc2n[nH]c(C3CCCC3)n2)cc1. The van der Waals surface area contributed by atoms with E-state index >= 15 is 0 Å². The van der Waals surface area contributed by atoms with E-state index in [0.717, 1.165) is 17.3 Å². The molecule has 24 heavy (non-hydrogen) atoms. The van der Waals surface area contributed by atoms with Gasteiger partial charge in [-0.3, -0.25) is 9.89 Å². The molecule has 0 saturated heterocycles. The number of carbonyl (C=O) groups is 1. The fraction of sp³-hybridized carbons (Fsp3) is 0.471. The number of hydrogen-bond donors (Lipinski definition) is 2. The Morgan fingerprint density at radius 3 is 2.79 bits per heavy atom. The van der Waals surface area contributed by atoms with Gasteiger partial charge in [-0.2, -0.15) is 0 Å². The highest BCUT2D eigenvalue weighted by atomic mass is 32.2. The van der Waals surface area contributed by atoms with Crippen molar-refractivity contribution in [1.82, 2.24) is 15.2 Å². The van der Waals surface area contributed by atoms with Crippen LogP contribution in [0.5, 0.6) is 5.75 Å². The lowest BCUT2D eigenvalue weighted by Crippen LogP contribution is -2.14. The van der Waals surface area contributed by atoms with Crippen molar-refractivity contribution in [3.05, 3.63) is 30.1 Å². The number of H-pyrrole nitrogens is 1. The number of ether oxygens (including phenoxy) is 1. The Balaban J connectivity index is 1.46. The topological polar surface area (TPSA) is 79.9 Å². The molecule has 1 saturated carbocycles. The number of carbonyl (C=O) groups excluding carboxylic acids is 1. The first-order valence-corrected chi connectivity index (χ1v) is 9.31. The quantitative estimate of drug-likeness (QED) is 0.749. The van der Waals surface area contributed by atoms with E-state index in [1.165, 1.54) is 37.4 Å². The molecule has 1 aromatic carbocycles. The van der Waals surface area contributed by atoms with Gasteiger partial charge in [-0.1, -0.05) is 24.6 Å². The molecule has 1 aliphatic carbocycles. The second kappa shape index (κ2) is 8.19. The number of amides is 1. The molecule has 0 bridgehead atoms. The maximum atomic E-state index is 12.0. The molecule has 0 atom stereocenters. The van der Waals surface area contributed by atoms with Gasteiger partial charge in [0.15, 0.2) is 0 Å². The fourth-order valence-corrected chi connectivity index (χ4v) is 3.44. The molecule has 2 aromatic rings. The third kappa shape index (κ3) is 4.50. The van der Waals surface area contributed by atoms with Crippen molar-refractivity contribution >= 4 is 23.4 Å². The van der Waals surface area contributed by atoms with Crippen molar-refractivity contribution in [3.8, 4) is 5.75 Å². The van der Waals surface area contributed by atoms with Gasteiger partial charge >= 0.3 is 0 Å². The number of nitrogens with zero attached hydrogens (tertiary/aromatic N) is 2. The van der Waals surface area contributed by atoms with Crippen LogP contribution in [0.4, 0.5) is 5.69 Å². The average Bonchev–Trinajstić information content (AvgIpc) is 3.26. The Morgan fingerprint density at radius 1 is 1.33 bits per heavy atom. The van der Waals surface area contributed by atoms with Crippen LogP contribution in [0.1, 0.15) is 44.3 Å². The molecule has 0 aliphatic heterocycles. The molecule has 1 amide bonds. The molecule has 1 fully saturated rings. The monoisotopic (exact) mass is 346 g/mol.